The zero-order valence-electron chi connectivity index (χ0n) is 14.1. The van der Waals surface area contributed by atoms with E-state index in [9.17, 15) is 14.7 Å². The molecule has 0 aliphatic carbocycles. The second kappa shape index (κ2) is 13.4. The summed E-state index contributed by atoms with van der Waals surface area (Å²) in [4.78, 5) is 22.9. The predicted octanol–water partition coefficient (Wildman–Crippen LogP) is 1.87. The van der Waals surface area contributed by atoms with Gasteiger partial charge in [0, 0.05) is 10.7 Å². The fourth-order valence-electron chi connectivity index (χ4n) is 1.83. The SMILES string of the molecule is CCCCC=C(SC[C@H](N)C(=O)NCC(=O)O)[C@@H](O)CCCC. The van der Waals surface area contributed by atoms with Gasteiger partial charge in [0.1, 0.15) is 6.54 Å². The summed E-state index contributed by atoms with van der Waals surface area (Å²) in [5, 5.41) is 21.1. The van der Waals surface area contributed by atoms with Crippen LogP contribution in [-0.4, -0.2) is 46.5 Å². The molecule has 0 aliphatic heterocycles. The Bertz CT molecular complexity index is 388. The maximum absolute atomic E-state index is 11.7. The van der Waals surface area contributed by atoms with Gasteiger partial charge in [-0.3, -0.25) is 9.59 Å². The Morgan fingerprint density at radius 2 is 1.91 bits per heavy atom. The lowest BCUT2D eigenvalue weighted by molar-refractivity contribution is -0.138. The monoisotopic (exact) mass is 346 g/mol. The average Bonchev–Trinajstić information content (AvgIpc) is 2.52. The molecule has 7 heteroatoms. The minimum atomic E-state index is -1.10. The van der Waals surface area contributed by atoms with E-state index in [0.717, 1.165) is 37.0 Å². The van der Waals surface area contributed by atoms with Gasteiger partial charge in [-0.2, -0.15) is 0 Å². The van der Waals surface area contributed by atoms with E-state index < -0.39 is 30.6 Å². The lowest BCUT2D eigenvalue weighted by Gasteiger charge is -2.17. The molecule has 0 bridgehead atoms. The Labute approximate surface area is 142 Å². The Morgan fingerprint density at radius 1 is 1.26 bits per heavy atom. The number of thioether (sulfide) groups is 1. The molecule has 1 amide bonds. The summed E-state index contributed by atoms with van der Waals surface area (Å²) in [5.74, 6) is -1.28. The van der Waals surface area contributed by atoms with E-state index in [0.29, 0.717) is 12.2 Å². The van der Waals surface area contributed by atoms with Crippen LogP contribution in [0.25, 0.3) is 0 Å². The van der Waals surface area contributed by atoms with Crippen molar-refractivity contribution in [3.05, 3.63) is 11.0 Å². The van der Waals surface area contributed by atoms with Crippen LogP contribution >= 0.6 is 11.8 Å². The average molecular weight is 346 g/mol. The molecule has 0 saturated heterocycles. The van der Waals surface area contributed by atoms with Crippen molar-refractivity contribution in [2.45, 2.75) is 64.5 Å². The third kappa shape index (κ3) is 11.2. The number of hydrogen-bond donors (Lipinski definition) is 4. The number of carbonyl (C=O) groups excluding carboxylic acids is 1. The van der Waals surface area contributed by atoms with Gasteiger partial charge in [-0.15, -0.1) is 11.8 Å². The maximum atomic E-state index is 11.7. The number of aliphatic carboxylic acids is 1. The van der Waals surface area contributed by atoms with Crippen molar-refractivity contribution in [2.24, 2.45) is 5.73 Å². The van der Waals surface area contributed by atoms with Gasteiger partial charge in [-0.05, 0) is 12.8 Å². The zero-order valence-corrected chi connectivity index (χ0v) is 14.9. The van der Waals surface area contributed by atoms with Crippen LogP contribution in [0.5, 0.6) is 0 Å². The number of aliphatic hydroxyl groups is 1. The van der Waals surface area contributed by atoms with E-state index in [1.54, 1.807) is 0 Å². The van der Waals surface area contributed by atoms with Crippen molar-refractivity contribution in [1.29, 1.82) is 0 Å². The minimum absolute atomic E-state index is 0.312. The fraction of sp³-hybridized carbons (Fsp3) is 0.750. The van der Waals surface area contributed by atoms with Gasteiger partial charge in [-0.1, -0.05) is 45.6 Å². The maximum Gasteiger partial charge on any atom is 0.322 e. The Balaban J connectivity index is 4.48. The quantitative estimate of drug-likeness (QED) is 0.379. The normalized spacial score (nSPS) is 14.3. The van der Waals surface area contributed by atoms with Gasteiger partial charge in [0.2, 0.25) is 5.91 Å². The number of aliphatic hydroxyl groups excluding tert-OH is 1. The van der Waals surface area contributed by atoms with Crippen LogP contribution in [-0.2, 0) is 9.59 Å². The number of hydrogen-bond acceptors (Lipinski definition) is 5. The lowest BCUT2D eigenvalue weighted by atomic mass is 10.1. The fourth-order valence-corrected chi connectivity index (χ4v) is 2.90. The molecule has 23 heavy (non-hydrogen) atoms. The summed E-state index contributed by atoms with van der Waals surface area (Å²) in [6.07, 6.45) is 7.18. The van der Waals surface area contributed by atoms with Gasteiger partial charge in [0.15, 0.2) is 0 Å². The highest BCUT2D eigenvalue weighted by Crippen LogP contribution is 2.24. The molecule has 0 aromatic rings. The molecule has 0 saturated carbocycles. The predicted molar refractivity (Wildman–Crippen MR) is 94.2 cm³/mol. The van der Waals surface area contributed by atoms with Gasteiger partial charge < -0.3 is 21.3 Å². The molecule has 0 aromatic heterocycles. The Hall–Kier alpha value is -1.05. The number of carboxylic acids is 1. The van der Waals surface area contributed by atoms with Crippen LogP contribution in [0.3, 0.4) is 0 Å². The van der Waals surface area contributed by atoms with Crippen molar-refractivity contribution >= 4 is 23.6 Å². The molecule has 0 radical (unpaired) electrons. The molecule has 134 valence electrons. The first-order valence-electron chi connectivity index (χ1n) is 8.18. The van der Waals surface area contributed by atoms with E-state index in [-0.39, 0.29) is 0 Å². The topological polar surface area (TPSA) is 113 Å². The van der Waals surface area contributed by atoms with Crippen molar-refractivity contribution in [2.75, 3.05) is 12.3 Å². The number of nitrogens with two attached hydrogens (primary N) is 1. The molecule has 0 spiro atoms. The van der Waals surface area contributed by atoms with Gasteiger partial charge in [-0.25, -0.2) is 0 Å². The molecule has 0 aliphatic rings. The third-order valence-corrected chi connectivity index (χ3v) is 4.54. The summed E-state index contributed by atoms with van der Waals surface area (Å²) in [5.41, 5.74) is 5.77. The van der Waals surface area contributed by atoms with Crippen LogP contribution in [0.1, 0.15) is 52.4 Å². The summed E-state index contributed by atoms with van der Waals surface area (Å²) < 4.78 is 0. The largest absolute Gasteiger partial charge is 0.480 e. The first-order valence-corrected chi connectivity index (χ1v) is 9.16. The molecule has 0 rings (SSSR count). The van der Waals surface area contributed by atoms with Crippen LogP contribution < -0.4 is 11.1 Å². The molecule has 6 nitrogen and oxygen atoms in total. The smallest absolute Gasteiger partial charge is 0.322 e. The highest BCUT2D eigenvalue weighted by atomic mass is 32.2. The van der Waals surface area contributed by atoms with Gasteiger partial charge in [0.05, 0.1) is 12.1 Å². The molecule has 5 N–H and O–H groups in total. The van der Waals surface area contributed by atoms with Crippen molar-refractivity contribution in [1.82, 2.24) is 5.32 Å². The molecule has 0 unspecified atom stereocenters. The highest BCUT2D eigenvalue weighted by molar-refractivity contribution is 8.03. The first-order chi connectivity index (χ1) is 10.9. The molecule has 2 atom stereocenters. The van der Waals surface area contributed by atoms with Crippen LogP contribution in [0.15, 0.2) is 11.0 Å². The number of nitrogens with one attached hydrogen (secondary N) is 1. The number of unbranched alkanes of at least 4 members (excludes halogenated alkanes) is 3. The van der Waals surface area contributed by atoms with Crippen molar-refractivity contribution in [3.63, 3.8) is 0 Å². The Kier molecular flexibility index (Phi) is 12.8. The van der Waals surface area contributed by atoms with E-state index in [1.165, 1.54) is 11.8 Å². The summed E-state index contributed by atoms with van der Waals surface area (Å²) in [6, 6.07) is -0.799. The third-order valence-electron chi connectivity index (χ3n) is 3.24. The van der Waals surface area contributed by atoms with E-state index in [4.69, 9.17) is 10.8 Å². The highest BCUT2D eigenvalue weighted by Gasteiger charge is 2.17. The molecule has 0 heterocycles. The summed E-state index contributed by atoms with van der Waals surface area (Å²) in [7, 11) is 0. The number of carboxylic acid groups (broad SMARTS) is 1. The number of carbonyl (C=O) groups is 2. The standard InChI is InChI=1S/C16H30N2O4S/c1-3-5-7-9-14(13(19)8-6-4-2)23-11-12(17)16(22)18-10-15(20)21/h9,12-13,19H,3-8,10-11,17H2,1-2H3,(H,18,22)(H,20,21)/t12-,13-/m0/s1. The first kappa shape index (κ1) is 21.9. The number of amides is 1. The van der Waals surface area contributed by atoms with E-state index in [1.807, 2.05) is 6.08 Å². The molecular weight excluding hydrogens is 316 g/mol. The van der Waals surface area contributed by atoms with E-state index in [2.05, 4.69) is 19.2 Å². The van der Waals surface area contributed by atoms with Crippen molar-refractivity contribution < 1.29 is 19.8 Å². The van der Waals surface area contributed by atoms with E-state index >= 15 is 0 Å². The number of allylic oxidation sites excluding steroid dienone is 1. The second-order valence-electron chi connectivity index (χ2n) is 5.44. The Morgan fingerprint density at radius 3 is 2.48 bits per heavy atom. The second-order valence-corrected chi connectivity index (χ2v) is 6.53. The van der Waals surface area contributed by atoms with Gasteiger partial charge in [0.25, 0.3) is 0 Å². The zero-order chi connectivity index (χ0) is 17.7. The summed E-state index contributed by atoms with van der Waals surface area (Å²) >= 11 is 1.38. The molecule has 0 aromatic carbocycles. The van der Waals surface area contributed by atoms with Crippen LogP contribution in [0, 0.1) is 0 Å². The molecule has 0 fully saturated rings. The number of rotatable bonds is 13. The van der Waals surface area contributed by atoms with Crippen LogP contribution in [0.2, 0.25) is 0 Å². The minimum Gasteiger partial charge on any atom is -0.480 e. The molecular formula is C16H30N2O4S. The summed E-state index contributed by atoms with van der Waals surface area (Å²) in [6.45, 7) is 3.75. The van der Waals surface area contributed by atoms with Gasteiger partial charge >= 0.3 is 5.97 Å². The lowest BCUT2D eigenvalue weighted by Crippen LogP contribution is -2.44. The van der Waals surface area contributed by atoms with Crippen molar-refractivity contribution in [3.8, 4) is 0 Å². The van der Waals surface area contributed by atoms with Crippen LogP contribution in [0.4, 0.5) is 0 Å².